The molecule has 2 rings (SSSR count). The molecule has 0 radical (unpaired) electrons. The minimum absolute atomic E-state index is 0.522. The third kappa shape index (κ3) is 3.41. The molecule has 5 heteroatoms. The number of nitrogens with one attached hydrogen (secondary N) is 1. The fourth-order valence-corrected chi connectivity index (χ4v) is 1.44. The molecular weight excluding hydrogens is 228 g/mol. The summed E-state index contributed by atoms with van der Waals surface area (Å²) in [5, 5.41) is 3.14. The van der Waals surface area contributed by atoms with Crippen molar-refractivity contribution in [3.05, 3.63) is 36.3 Å². The number of nitrogens with zero attached hydrogens (tertiary/aromatic N) is 3. The van der Waals surface area contributed by atoms with Gasteiger partial charge < -0.3 is 10.1 Å². The summed E-state index contributed by atoms with van der Waals surface area (Å²) in [7, 11) is 0. The van der Waals surface area contributed by atoms with Gasteiger partial charge in [-0.3, -0.25) is 4.98 Å². The van der Waals surface area contributed by atoms with E-state index in [2.05, 4.69) is 27.2 Å². The first-order valence-electron chi connectivity index (χ1n) is 5.95. The van der Waals surface area contributed by atoms with Gasteiger partial charge in [-0.1, -0.05) is 6.92 Å². The Bertz CT molecular complexity index is 502. The summed E-state index contributed by atoms with van der Waals surface area (Å²) in [6.45, 7) is 4.85. The van der Waals surface area contributed by atoms with Crippen LogP contribution < -0.4 is 10.1 Å². The van der Waals surface area contributed by atoms with Crippen molar-refractivity contribution in [1.82, 2.24) is 15.0 Å². The smallest absolute Gasteiger partial charge is 0.226 e. The molecule has 0 unspecified atom stereocenters. The van der Waals surface area contributed by atoms with Gasteiger partial charge in [0.05, 0.1) is 6.20 Å². The van der Waals surface area contributed by atoms with Crippen LogP contribution >= 0.6 is 0 Å². The van der Waals surface area contributed by atoms with Crippen molar-refractivity contribution >= 4 is 5.95 Å². The molecule has 1 N–H and O–H groups in total. The highest BCUT2D eigenvalue weighted by Gasteiger charge is 2.03. The summed E-state index contributed by atoms with van der Waals surface area (Å²) >= 11 is 0. The van der Waals surface area contributed by atoms with Crippen molar-refractivity contribution in [3.63, 3.8) is 0 Å². The molecule has 0 fully saturated rings. The maximum Gasteiger partial charge on any atom is 0.226 e. The highest BCUT2D eigenvalue weighted by Crippen LogP contribution is 2.19. The van der Waals surface area contributed by atoms with E-state index in [0.29, 0.717) is 17.6 Å². The van der Waals surface area contributed by atoms with Crippen LogP contribution in [0.5, 0.6) is 11.6 Å². The van der Waals surface area contributed by atoms with Crippen molar-refractivity contribution < 1.29 is 4.74 Å². The molecule has 0 aliphatic heterocycles. The molecule has 0 saturated heterocycles. The van der Waals surface area contributed by atoms with Gasteiger partial charge in [0, 0.05) is 24.5 Å². The third-order valence-corrected chi connectivity index (χ3v) is 2.22. The second kappa shape index (κ2) is 5.95. The van der Waals surface area contributed by atoms with Crippen LogP contribution in [0.3, 0.4) is 0 Å². The van der Waals surface area contributed by atoms with Crippen LogP contribution in [0.2, 0.25) is 0 Å². The van der Waals surface area contributed by atoms with Crippen molar-refractivity contribution in [2.24, 2.45) is 0 Å². The molecule has 18 heavy (non-hydrogen) atoms. The Morgan fingerprint density at radius 3 is 2.94 bits per heavy atom. The van der Waals surface area contributed by atoms with Crippen LogP contribution in [0.15, 0.2) is 30.6 Å². The Kier molecular flexibility index (Phi) is 4.06. The average Bonchev–Trinajstić information content (AvgIpc) is 2.37. The van der Waals surface area contributed by atoms with E-state index in [4.69, 9.17) is 4.74 Å². The van der Waals surface area contributed by atoms with Crippen LogP contribution in [0.4, 0.5) is 5.95 Å². The van der Waals surface area contributed by atoms with Crippen molar-refractivity contribution in [3.8, 4) is 11.6 Å². The van der Waals surface area contributed by atoms with Crippen molar-refractivity contribution in [1.29, 1.82) is 0 Å². The number of ether oxygens (including phenoxy) is 1. The van der Waals surface area contributed by atoms with E-state index in [1.165, 1.54) is 0 Å². The molecule has 0 bridgehead atoms. The number of pyridine rings is 1. The lowest BCUT2D eigenvalue weighted by Gasteiger charge is -2.08. The predicted molar refractivity (Wildman–Crippen MR) is 69.9 cm³/mol. The Morgan fingerprint density at radius 2 is 2.22 bits per heavy atom. The maximum atomic E-state index is 5.63. The SMILES string of the molecule is CCCNc1nc(C)cc(Oc2cccnc2)n1. The first-order chi connectivity index (χ1) is 8.78. The van der Waals surface area contributed by atoms with Gasteiger partial charge in [0.15, 0.2) is 0 Å². The van der Waals surface area contributed by atoms with E-state index in [-0.39, 0.29) is 0 Å². The van der Waals surface area contributed by atoms with Gasteiger partial charge in [-0.05, 0) is 25.5 Å². The van der Waals surface area contributed by atoms with E-state index >= 15 is 0 Å². The summed E-state index contributed by atoms with van der Waals surface area (Å²) in [6, 6.07) is 5.45. The van der Waals surface area contributed by atoms with E-state index < -0.39 is 0 Å². The Morgan fingerprint density at radius 1 is 1.33 bits per heavy atom. The zero-order valence-corrected chi connectivity index (χ0v) is 10.6. The second-order valence-corrected chi connectivity index (χ2v) is 3.89. The normalized spacial score (nSPS) is 10.1. The zero-order chi connectivity index (χ0) is 12.8. The molecule has 2 aromatic heterocycles. The molecule has 5 nitrogen and oxygen atoms in total. The summed E-state index contributed by atoms with van der Waals surface area (Å²) in [6.07, 6.45) is 4.37. The minimum Gasteiger partial charge on any atom is -0.437 e. The van der Waals surface area contributed by atoms with Gasteiger partial charge in [0.25, 0.3) is 0 Å². The highest BCUT2D eigenvalue weighted by atomic mass is 16.5. The number of anilines is 1. The number of hydrogen-bond donors (Lipinski definition) is 1. The van der Waals surface area contributed by atoms with Gasteiger partial charge in [0.2, 0.25) is 11.8 Å². The largest absolute Gasteiger partial charge is 0.437 e. The van der Waals surface area contributed by atoms with Crippen molar-refractivity contribution in [2.75, 3.05) is 11.9 Å². The minimum atomic E-state index is 0.522. The second-order valence-electron chi connectivity index (χ2n) is 3.89. The summed E-state index contributed by atoms with van der Waals surface area (Å²) in [4.78, 5) is 12.6. The molecule has 94 valence electrons. The van der Waals surface area contributed by atoms with Crippen LogP contribution in [-0.2, 0) is 0 Å². The average molecular weight is 244 g/mol. The van der Waals surface area contributed by atoms with Crippen LogP contribution in [0.25, 0.3) is 0 Å². The quantitative estimate of drug-likeness (QED) is 0.876. The standard InChI is InChI=1S/C13H16N4O/c1-3-6-15-13-16-10(2)8-12(17-13)18-11-5-4-7-14-9-11/h4-5,7-9H,3,6H2,1-2H3,(H,15,16,17). The number of aromatic nitrogens is 3. The molecule has 0 saturated carbocycles. The molecule has 0 atom stereocenters. The highest BCUT2D eigenvalue weighted by molar-refractivity contribution is 5.32. The molecule has 0 amide bonds. The Balaban J connectivity index is 2.15. The lowest BCUT2D eigenvalue weighted by molar-refractivity contribution is 0.459. The number of rotatable bonds is 5. The maximum absolute atomic E-state index is 5.63. The lowest BCUT2D eigenvalue weighted by Crippen LogP contribution is -2.05. The van der Waals surface area contributed by atoms with Crippen LogP contribution in [0.1, 0.15) is 19.0 Å². The fraction of sp³-hybridized carbons (Fsp3) is 0.308. The molecule has 2 heterocycles. The van der Waals surface area contributed by atoms with Crippen LogP contribution in [-0.4, -0.2) is 21.5 Å². The zero-order valence-electron chi connectivity index (χ0n) is 10.6. The molecule has 0 aromatic carbocycles. The fourth-order valence-electron chi connectivity index (χ4n) is 1.44. The summed E-state index contributed by atoms with van der Waals surface area (Å²) < 4.78 is 5.63. The lowest BCUT2D eigenvalue weighted by atomic mass is 10.4. The first-order valence-corrected chi connectivity index (χ1v) is 5.95. The third-order valence-electron chi connectivity index (χ3n) is 2.22. The van der Waals surface area contributed by atoms with E-state index in [1.54, 1.807) is 18.5 Å². The molecule has 2 aromatic rings. The van der Waals surface area contributed by atoms with Crippen molar-refractivity contribution in [2.45, 2.75) is 20.3 Å². The predicted octanol–water partition coefficient (Wildman–Crippen LogP) is 2.79. The summed E-state index contributed by atoms with van der Waals surface area (Å²) in [5.41, 5.74) is 0.863. The number of aryl methyl sites for hydroxylation is 1. The van der Waals surface area contributed by atoms with Crippen LogP contribution in [0, 0.1) is 6.92 Å². The topological polar surface area (TPSA) is 59.9 Å². The van der Waals surface area contributed by atoms with Gasteiger partial charge >= 0.3 is 0 Å². The van der Waals surface area contributed by atoms with Gasteiger partial charge in [-0.15, -0.1) is 0 Å². The molecular formula is C13H16N4O. The number of hydrogen-bond acceptors (Lipinski definition) is 5. The van der Waals surface area contributed by atoms with Gasteiger partial charge in [0.1, 0.15) is 5.75 Å². The molecule has 0 aliphatic carbocycles. The molecule has 0 aliphatic rings. The first kappa shape index (κ1) is 12.3. The van der Waals surface area contributed by atoms with E-state index in [0.717, 1.165) is 18.7 Å². The Hall–Kier alpha value is -2.17. The van der Waals surface area contributed by atoms with Gasteiger partial charge in [-0.2, -0.15) is 4.98 Å². The monoisotopic (exact) mass is 244 g/mol. The van der Waals surface area contributed by atoms with E-state index in [1.807, 2.05) is 19.1 Å². The van der Waals surface area contributed by atoms with E-state index in [9.17, 15) is 0 Å². The molecule has 0 spiro atoms. The Labute approximate surface area is 106 Å². The summed E-state index contributed by atoms with van der Waals surface area (Å²) in [5.74, 6) is 1.78. The van der Waals surface area contributed by atoms with Gasteiger partial charge in [-0.25, -0.2) is 4.98 Å².